The number of carbonyl (C=O) groups is 1. The van der Waals surface area contributed by atoms with Gasteiger partial charge in [0.05, 0.1) is 20.8 Å². The van der Waals surface area contributed by atoms with Crippen LogP contribution in [0.2, 0.25) is 0 Å². The lowest BCUT2D eigenvalue weighted by Gasteiger charge is -2.38. The van der Waals surface area contributed by atoms with Crippen molar-refractivity contribution in [2.24, 2.45) is 7.05 Å². The van der Waals surface area contributed by atoms with Crippen molar-refractivity contribution in [1.29, 1.82) is 0 Å². The first-order chi connectivity index (χ1) is 13.0. The van der Waals surface area contributed by atoms with Gasteiger partial charge in [0.25, 0.3) is 0 Å². The number of nitrogens with zero attached hydrogens (tertiary/aromatic N) is 4. The van der Waals surface area contributed by atoms with E-state index in [1.165, 1.54) is 0 Å². The summed E-state index contributed by atoms with van der Waals surface area (Å²) in [5.74, 6) is 1.29. The van der Waals surface area contributed by atoms with E-state index in [1.54, 1.807) is 38.6 Å². The van der Waals surface area contributed by atoms with Crippen LogP contribution in [0.5, 0.6) is 11.5 Å². The van der Waals surface area contributed by atoms with Gasteiger partial charge in [0.1, 0.15) is 23.4 Å². The van der Waals surface area contributed by atoms with E-state index in [0.717, 1.165) is 25.5 Å². The third kappa shape index (κ3) is 4.23. The Bertz CT molecular complexity index is 784. The van der Waals surface area contributed by atoms with Gasteiger partial charge >= 0.3 is 5.97 Å². The third-order valence-electron chi connectivity index (χ3n) is 5.02. The van der Waals surface area contributed by atoms with Gasteiger partial charge in [-0.15, -0.1) is 0 Å². The van der Waals surface area contributed by atoms with E-state index in [-0.39, 0.29) is 0 Å². The Labute approximate surface area is 158 Å². The van der Waals surface area contributed by atoms with Crippen molar-refractivity contribution >= 4 is 5.97 Å². The molecule has 27 heavy (non-hydrogen) atoms. The molecule has 0 radical (unpaired) electrons. The Kier molecular flexibility index (Phi) is 5.98. The van der Waals surface area contributed by atoms with Crippen molar-refractivity contribution < 1.29 is 19.4 Å². The molecule has 0 unspecified atom stereocenters. The number of methoxy groups -OCH3 is 2. The summed E-state index contributed by atoms with van der Waals surface area (Å²) in [6.45, 7) is 3.63. The molecule has 0 saturated carbocycles. The van der Waals surface area contributed by atoms with E-state index < -0.39 is 12.0 Å². The van der Waals surface area contributed by atoms with Crippen LogP contribution in [0.25, 0.3) is 0 Å². The summed E-state index contributed by atoms with van der Waals surface area (Å²) < 4.78 is 12.7. The Morgan fingerprint density at radius 1 is 1.22 bits per heavy atom. The lowest BCUT2D eigenvalue weighted by Crippen LogP contribution is -2.49. The molecule has 1 fully saturated rings. The van der Waals surface area contributed by atoms with Crippen LogP contribution in [0.15, 0.2) is 30.6 Å². The molecule has 0 amide bonds. The van der Waals surface area contributed by atoms with Gasteiger partial charge in [-0.25, -0.2) is 4.98 Å². The number of hydrogen-bond acceptors (Lipinski definition) is 6. The fourth-order valence-electron chi connectivity index (χ4n) is 3.47. The minimum absolute atomic E-state index is 0.554. The second kappa shape index (κ2) is 8.41. The first-order valence-electron chi connectivity index (χ1n) is 8.90. The molecule has 1 aromatic carbocycles. The van der Waals surface area contributed by atoms with Crippen LogP contribution < -0.4 is 9.47 Å². The lowest BCUT2D eigenvalue weighted by molar-refractivity contribution is -0.144. The monoisotopic (exact) mass is 374 g/mol. The highest BCUT2D eigenvalue weighted by atomic mass is 16.5. The summed E-state index contributed by atoms with van der Waals surface area (Å²) in [6.07, 6.45) is 3.72. The van der Waals surface area contributed by atoms with Crippen LogP contribution in [0.3, 0.4) is 0 Å². The van der Waals surface area contributed by atoms with Crippen molar-refractivity contribution in [2.75, 3.05) is 40.4 Å². The largest absolute Gasteiger partial charge is 0.497 e. The SMILES string of the molecule is COc1ccc(OC)c([C@H](C(=O)O)N2CCN(Cc3nccn3C)CC2)c1. The smallest absolute Gasteiger partial charge is 0.325 e. The number of hydrogen-bond donors (Lipinski definition) is 1. The van der Waals surface area contributed by atoms with E-state index in [4.69, 9.17) is 9.47 Å². The third-order valence-corrected chi connectivity index (χ3v) is 5.02. The Hall–Kier alpha value is -2.58. The van der Waals surface area contributed by atoms with Gasteiger partial charge in [0.15, 0.2) is 0 Å². The molecular weight excluding hydrogens is 348 g/mol. The maximum absolute atomic E-state index is 12.1. The molecule has 1 aliphatic rings. The maximum Gasteiger partial charge on any atom is 0.325 e. The zero-order chi connectivity index (χ0) is 19.4. The number of carboxylic acids is 1. The summed E-state index contributed by atoms with van der Waals surface area (Å²) in [5, 5.41) is 9.91. The minimum Gasteiger partial charge on any atom is -0.497 e. The highest BCUT2D eigenvalue weighted by Crippen LogP contribution is 2.33. The van der Waals surface area contributed by atoms with Gasteiger partial charge in [0.2, 0.25) is 0 Å². The zero-order valence-corrected chi connectivity index (χ0v) is 16.0. The number of ether oxygens (including phenoxy) is 2. The molecule has 146 valence electrons. The molecule has 0 bridgehead atoms. The second-order valence-electron chi connectivity index (χ2n) is 6.62. The molecule has 0 spiro atoms. The average molecular weight is 374 g/mol. The number of benzene rings is 1. The molecule has 1 atom stereocenters. The molecule has 3 rings (SSSR count). The Morgan fingerprint density at radius 2 is 1.96 bits per heavy atom. The average Bonchev–Trinajstić information content (AvgIpc) is 3.07. The molecule has 2 heterocycles. The number of aryl methyl sites for hydroxylation is 1. The molecule has 1 aromatic heterocycles. The highest BCUT2D eigenvalue weighted by molar-refractivity contribution is 5.77. The lowest BCUT2D eigenvalue weighted by atomic mass is 10.0. The normalized spacial score (nSPS) is 16.9. The molecule has 8 nitrogen and oxygen atoms in total. The van der Waals surface area contributed by atoms with E-state index in [1.807, 2.05) is 22.7 Å². The Morgan fingerprint density at radius 3 is 2.52 bits per heavy atom. The van der Waals surface area contributed by atoms with Crippen LogP contribution in [-0.4, -0.2) is 70.8 Å². The molecular formula is C19H26N4O4. The minimum atomic E-state index is -0.890. The van der Waals surface area contributed by atoms with Crippen LogP contribution >= 0.6 is 0 Å². The van der Waals surface area contributed by atoms with Crippen molar-refractivity contribution in [2.45, 2.75) is 12.6 Å². The van der Waals surface area contributed by atoms with Crippen LogP contribution in [0.4, 0.5) is 0 Å². The summed E-state index contributed by atoms with van der Waals surface area (Å²) in [5.41, 5.74) is 0.613. The van der Waals surface area contributed by atoms with E-state index in [0.29, 0.717) is 30.2 Å². The number of rotatable bonds is 7. The fourth-order valence-corrected chi connectivity index (χ4v) is 3.47. The van der Waals surface area contributed by atoms with E-state index >= 15 is 0 Å². The number of piperazine rings is 1. The van der Waals surface area contributed by atoms with Gasteiger partial charge in [-0.1, -0.05) is 0 Å². The van der Waals surface area contributed by atoms with Crippen molar-refractivity contribution in [1.82, 2.24) is 19.4 Å². The predicted octanol–water partition coefficient (Wildman–Crippen LogP) is 1.38. The number of carboxylic acid groups (broad SMARTS) is 1. The highest BCUT2D eigenvalue weighted by Gasteiger charge is 2.33. The van der Waals surface area contributed by atoms with Crippen molar-refractivity contribution in [3.8, 4) is 11.5 Å². The number of aromatic nitrogens is 2. The first kappa shape index (κ1) is 19.2. The molecule has 2 aromatic rings. The van der Waals surface area contributed by atoms with Crippen molar-refractivity contribution in [3.63, 3.8) is 0 Å². The Balaban J connectivity index is 1.74. The molecule has 8 heteroatoms. The summed E-state index contributed by atoms with van der Waals surface area (Å²) in [6, 6.07) is 4.50. The first-order valence-corrected chi connectivity index (χ1v) is 8.90. The summed E-state index contributed by atoms with van der Waals surface area (Å²) in [7, 11) is 5.10. The standard InChI is InChI=1S/C19H26N4O4/c1-21-7-6-20-17(21)13-22-8-10-23(11-9-22)18(19(24)25)15-12-14(26-2)4-5-16(15)27-3/h4-7,12,18H,8-11,13H2,1-3H3,(H,24,25)/t18-/m1/s1. The van der Waals surface area contributed by atoms with E-state index in [2.05, 4.69) is 9.88 Å². The topological polar surface area (TPSA) is 80.1 Å². The quantitative estimate of drug-likeness (QED) is 0.784. The number of imidazole rings is 1. The van der Waals surface area contributed by atoms with Crippen LogP contribution in [0.1, 0.15) is 17.4 Å². The molecule has 1 aliphatic heterocycles. The van der Waals surface area contributed by atoms with Crippen molar-refractivity contribution in [3.05, 3.63) is 42.0 Å². The summed E-state index contributed by atoms with van der Waals surface area (Å²) >= 11 is 0. The van der Waals surface area contributed by atoms with Gasteiger partial charge in [-0.3, -0.25) is 14.6 Å². The predicted molar refractivity (Wildman–Crippen MR) is 100.0 cm³/mol. The fraction of sp³-hybridized carbons (Fsp3) is 0.474. The second-order valence-corrected chi connectivity index (χ2v) is 6.62. The molecule has 1 saturated heterocycles. The van der Waals surface area contributed by atoms with Gasteiger partial charge in [0, 0.05) is 51.2 Å². The molecule has 0 aliphatic carbocycles. The zero-order valence-electron chi connectivity index (χ0n) is 16.0. The van der Waals surface area contributed by atoms with Crippen LogP contribution in [-0.2, 0) is 18.4 Å². The number of aliphatic carboxylic acids is 1. The van der Waals surface area contributed by atoms with E-state index in [9.17, 15) is 9.90 Å². The maximum atomic E-state index is 12.1. The van der Waals surface area contributed by atoms with Gasteiger partial charge < -0.3 is 19.1 Å². The summed E-state index contributed by atoms with van der Waals surface area (Å²) in [4.78, 5) is 20.7. The van der Waals surface area contributed by atoms with Gasteiger partial charge in [-0.2, -0.15) is 0 Å². The van der Waals surface area contributed by atoms with Gasteiger partial charge in [-0.05, 0) is 18.2 Å². The molecule has 1 N–H and O–H groups in total. The van der Waals surface area contributed by atoms with Crippen LogP contribution in [0, 0.1) is 0 Å².